The summed E-state index contributed by atoms with van der Waals surface area (Å²) in [7, 11) is 0. The van der Waals surface area contributed by atoms with Crippen LogP contribution in [-0.2, 0) is 0 Å². The van der Waals surface area contributed by atoms with E-state index in [0.717, 1.165) is 11.3 Å². The molecule has 76 valence electrons. The van der Waals surface area contributed by atoms with Crippen molar-refractivity contribution in [3.05, 3.63) is 10.9 Å². The van der Waals surface area contributed by atoms with E-state index < -0.39 is 12.2 Å². The van der Waals surface area contributed by atoms with Gasteiger partial charge >= 0.3 is 12.2 Å². The van der Waals surface area contributed by atoms with Crippen LogP contribution >= 0.6 is 11.3 Å². The lowest BCUT2D eigenvalue weighted by atomic mass is 10.3. The van der Waals surface area contributed by atoms with Gasteiger partial charge in [-0.2, -0.15) is 0 Å². The Morgan fingerprint density at radius 3 is 2.36 bits per heavy atom. The Balaban J connectivity index is 2.93. The van der Waals surface area contributed by atoms with Crippen molar-refractivity contribution < 1.29 is 19.8 Å². The summed E-state index contributed by atoms with van der Waals surface area (Å²) >= 11 is 1.13. The Bertz CT molecular complexity index is 374. The molecule has 0 saturated heterocycles. The van der Waals surface area contributed by atoms with Crippen LogP contribution in [0, 0.1) is 6.92 Å². The molecule has 1 aromatic rings. The van der Waals surface area contributed by atoms with Crippen molar-refractivity contribution in [1.82, 2.24) is 0 Å². The number of carboxylic acid groups (broad SMARTS) is 2. The smallest absolute Gasteiger partial charge is 0.409 e. The summed E-state index contributed by atoms with van der Waals surface area (Å²) in [6, 6.07) is 0. The average molecular weight is 216 g/mol. The molecule has 2 amide bonds. The van der Waals surface area contributed by atoms with Crippen molar-refractivity contribution in [1.29, 1.82) is 0 Å². The first-order valence-corrected chi connectivity index (χ1v) is 4.46. The SMILES string of the molecule is Cc1csc(NC(=O)O)c1NC(=O)O. The summed E-state index contributed by atoms with van der Waals surface area (Å²) in [5, 5.41) is 23.1. The lowest BCUT2D eigenvalue weighted by Gasteiger charge is -2.03. The number of amides is 2. The lowest BCUT2D eigenvalue weighted by molar-refractivity contribution is 0.208. The fraction of sp³-hybridized carbons (Fsp3) is 0.143. The summed E-state index contributed by atoms with van der Waals surface area (Å²) in [6.45, 7) is 1.69. The van der Waals surface area contributed by atoms with Gasteiger partial charge in [-0.05, 0) is 17.9 Å². The standard InChI is InChI=1S/C7H8N2O4S/c1-3-2-14-5(9-7(12)13)4(3)8-6(10)11/h2,8-9H,1H3,(H,10,11)(H,12,13). The molecule has 14 heavy (non-hydrogen) atoms. The zero-order chi connectivity index (χ0) is 10.7. The number of carbonyl (C=O) groups is 2. The summed E-state index contributed by atoms with van der Waals surface area (Å²) < 4.78 is 0. The molecule has 0 bridgehead atoms. The number of hydrogen-bond donors (Lipinski definition) is 4. The van der Waals surface area contributed by atoms with Gasteiger partial charge in [0.05, 0.1) is 5.69 Å². The molecule has 0 aliphatic rings. The third-order valence-corrected chi connectivity index (χ3v) is 2.44. The van der Waals surface area contributed by atoms with Gasteiger partial charge in [-0.3, -0.25) is 10.6 Å². The molecule has 0 spiro atoms. The molecule has 4 N–H and O–H groups in total. The van der Waals surface area contributed by atoms with Crippen LogP contribution < -0.4 is 10.6 Å². The van der Waals surface area contributed by atoms with Crippen LogP contribution in [0.5, 0.6) is 0 Å². The normalized spacial score (nSPS) is 9.50. The van der Waals surface area contributed by atoms with Gasteiger partial charge in [0.25, 0.3) is 0 Å². The van der Waals surface area contributed by atoms with Crippen LogP contribution in [-0.4, -0.2) is 22.4 Å². The minimum Gasteiger partial charge on any atom is -0.465 e. The van der Waals surface area contributed by atoms with E-state index in [9.17, 15) is 9.59 Å². The Labute approximate surface area is 83.2 Å². The first-order chi connectivity index (χ1) is 6.50. The molecule has 1 aromatic heterocycles. The van der Waals surface area contributed by atoms with Gasteiger partial charge in [-0.15, -0.1) is 11.3 Å². The van der Waals surface area contributed by atoms with Crippen molar-refractivity contribution in [2.24, 2.45) is 0 Å². The van der Waals surface area contributed by atoms with Crippen LogP contribution in [0.3, 0.4) is 0 Å². The van der Waals surface area contributed by atoms with Gasteiger partial charge in [0.1, 0.15) is 5.00 Å². The Morgan fingerprint density at radius 1 is 1.29 bits per heavy atom. The maximum Gasteiger partial charge on any atom is 0.409 e. The predicted molar refractivity (Wildman–Crippen MR) is 52.4 cm³/mol. The third-order valence-electron chi connectivity index (χ3n) is 1.43. The van der Waals surface area contributed by atoms with E-state index in [2.05, 4.69) is 10.6 Å². The first kappa shape index (κ1) is 10.3. The molecule has 0 atom stereocenters. The monoisotopic (exact) mass is 216 g/mol. The number of thiophene rings is 1. The molecule has 0 saturated carbocycles. The van der Waals surface area contributed by atoms with E-state index >= 15 is 0 Å². The maximum absolute atomic E-state index is 10.4. The molecule has 0 aliphatic heterocycles. The maximum atomic E-state index is 10.4. The molecule has 0 radical (unpaired) electrons. The lowest BCUT2D eigenvalue weighted by Crippen LogP contribution is -2.12. The summed E-state index contributed by atoms with van der Waals surface area (Å²) in [4.78, 5) is 20.7. The summed E-state index contributed by atoms with van der Waals surface area (Å²) in [5.74, 6) is 0. The molecule has 1 heterocycles. The van der Waals surface area contributed by atoms with Crippen LogP contribution in [0.2, 0.25) is 0 Å². The van der Waals surface area contributed by atoms with E-state index in [1.165, 1.54) is 0 Å². The topological polar surface area (TPSA) is 98.7 Å². The second-order valence-corrected chi connectivity index (χ2v) is 3.36. The van der Waals surface area contributed by atoms with E-state index in [4.69, 9.17) is 10.2 Å². The van der Waals surface area contributed by atoms with E-state index in [-0.39, 0.29) is 10.7 Å². The number of anilines is 2. The van der Waals surface area contributed by atoms with Crippen molar-refractivity contribution in [3.8, 4) is 0 Å². The third kappa shape index (κ3) is 2.36. The zero-order valence-electron chi connectivity index (χ0n) is 7.20. The van der Waals surface area contributed by atoms with Gasteiger partial charge < -0.3 is 10.2 Å². The van der Waals surface area contributed by atoms with Gasteiger partial charge in [-0.25, -0.2) is 9.59 Å². The number of aryl methyl sites for hydroxylation is 1. The summed E-state index contributed by atoms with van der Waals surface area (Å²) in [5.41, 5.74) is 0.964. The minimum absolute atomic E-state index is 0.275. The van der Waals surface area contributed by atoms with Crippen molar-refractivity contribution in [2.75, 3.05) is 10.6 Å². The number of hydrogen-bond acceptors (Lipinski definition) is 3. The number of nitrogens with one attached hydrogen (secondary N) is 2. The Morgan fingerprint density at radius 2 is 1.86 bits per heavy atom. The highest BCUT2D eigenvalue weighted by molar-refractivity contribution is 7.15. The van der Waals surface area contributed by atoms with E-state index in [1.807, 2.05) is 0 Å². The molecule has 1 rings (SSSR count). The molecule has 7 heteroatoms. The molecule has 0 aromatic carbocycles. The van der Waals surface area contributed by atoms with E-state index in [1.54, 1.807) is 12.3 Å². The highest BCUT2D eigenvalue weighted by Crippen LogP contribution is 2.32. The van der Waals surface area contributed by atoms with E-state index in [0.29, 0.717) is 5.56 Å². The number of rotatable bonds is 2. The van der Waals surface area contributed by atoms with Gasteiger partial charge in [0.15, 0.2) is 0 Å². The molecule has 0 unspecified atom stereocenters. The fourth-order valence-electron chi connectivity index (χ4n) is 0.896. The van der Waals surface area contributed by atoms with Crippen molar-refractivity contribution in [2.45, 2.75) is 6.92 Å². The van der Waals surface area contributed by atoms with Gasteiger partial charge in [-0.1, -0.05) is 0 Å². The first-order valence-electron chi connectivity index (χ1n) is 3.58. The van der Waals surface area contributed by atoms with Crippen molar-refractivity contribution in [3.63, 3.8) is 0 Å². The van der Waals surface area contributed by atoms with Crippen LogP contribution in [0.25, 0.3) is 0 Å². The minimum atomic E-state index is -1.22. The average Bonchev–Trinajstić information content (AvgIpc) is 2.34. The van der Waals surface area contributed by atoms with Crippen LogP contribution in [0.15, 0.2) is 5.38 Å². The quantitative estimate of drug-likeness (QED) is 0.609. The van der Waals surface area contributed by atoms with Crippen LogP contribution in [0.1, 0.15) is 5.56 Å². The molecular formula is C7H8N2O4S. The van der Waals surface area contributed by atoms with Crippen molar-refractivity contribution >= 4 is 34.2 Å². The van der Waals surface area contributed by atoms with Crippen LogP contribution in [0.4, 0.5) is 20.3 Å². The largest absolute Gasteiger partial charge is 0.465 e. The predicted octanol–water partition coefficient (Wildman–Crippen LogP) is 2.24. The molecular weight excluding hydrogens is 208 g/mol. The van der Waals surface area contributed by atoms with Gasteiger partial charge in [0, 0.05) is 0 Å². The second kappa shape index (κ2) is 3.97. The Hall–Kier alpha value is -1.76. The molecule has 6 nitrogen and oxygen atoms in total. The fourth-order valence-corrected chi connectivity index (χ4v) is 1.78. The second-order valence-electron chi connectivity index (χ2n) is 2.48. The highest BCUT2D eigenvalue weighted by Gasteiger charge is 2.12. The zero-order valence-corrected chi connectivity index (χ0v) is 8.01. The molecule has 0 aliphatic carbocycles. The summed E-state index contributed by atoms with van der Waals surface area (Å²) in [6.07, 6.45) is -2.44. The molecule has 0 fully saturated rings. The Kier molecular flexibility index (Phi) is 2.92. The van der Waals surface area contributed by atoms with Gasteiger partial charge in [0.2, 0.25) is 0 Å². The highest BCUT2D eigenvalue weighted by atomic mass is 32.1.